The van der Waals surface area contributed by atoms with Crippen LogP contribution in [-0.2, 0) is 12.7 Å². The maximum absolute atomic E-state index is 13.1. The summed E-state index contributed by atoms with van der Waals surface area (Å²) in [5.74, 6) is -0.608. The Morgan fingerprint density at radius 2 is 1.89 bits per heavy atom. The largest absolute Gasteiger partial charge is 0.417 e. The molecule has 0 aliphatic carbocycles. The molecule has 0 saturated carbocycles. The maximum Gasteiger partial charge on any atom is 0.417 e. The van der Waals surface area contributed by atoms with Crippen LogP contribution in [0.2, 0.25) is 10.0 Å². The van der Waals surface area contributed by atoms with E-state index in [1.54, 1.807) is 18.2 Å². The number of nitrogens with zero attached hydrogens (tertiary/aromatic N) is 2. The fourth-order valence-electron chi connectivity index (χ4n) is 2.52. The van der Waals surface area contributed by atoms with Gasteiger partial charge >= 0.3 is 6.18 Å². The van der Waals surface area contributed by atoms with Gasteiger partial charge in [-0.2, -0.15) is 18.3 Å². The van der Waals surface area contributed by atoms with Crippen molar-refractivity contribution in [3.63, 3.8) is 0 Å². The lowest BCUT2D eigenvalue weighted by Crippen LogP contribution is -2.27. The molecule has 28 heavy (non-hydrogen) atoms. The third-order valence-corrected chi connectivity index (χ3v) is 4.80. The molecule has 11 heteroatoms. The van der Waals surface area contributed by atoms with E-state index in [0.29, 0.717) is 10.7 Å². The second kappa shape index (κ2) is 7.94. The van der Waals surface area contributed by atoms with E-state index in [-0.39, 0.29) is 22.2 Å². The molecule has 0 fully saturated rings. The summed E-state index contributed by atoms with van der Waals surface area (Å²) in [6, 6.07) is 9.29. The van der Waals surface area contributed by atoms with Crippen molar-refractivity contribution >= 4 is 41.3 Å². The number of aromatic amines is 1. The number of hydrogen-bond acceptors (Lipinski definition) is 3. The summed E-state index contributed by atoms with van der Waals surface area (Å²) in [7, 11) is 0. The van der Waals surface area contributed by atoms with Gasteiger partial charge in [0.25, 0.3) is 5.91 Å². The third-order valence-electron chi connectivity index (χ3n) is 3.79. The van der Waals surface area contributed by atoms with Gasteiger partial charge in [-0.15, -0.1) is 0 Å². The Balaban J connectivity index is 1.86. The number of halogens is 5. The Morgan fingerprint density at radius 1 is 1.18 bits per heavy atom. The molecule has 1 heterocycles. The Labute approximate surface area is 172 Å². The molecule has 2 aromatic carbocycles. The van der Waals surface area contributed by atoms with Gasteiger partial charge in [-0.05, 0) is 42.5 Å². The average molecular weight is 447 g/mol. The molecule has 2 N–H and O–H groups in total. The predicted octanol–water partition coefficient (Wildman–Crippen LogP) is 5.19. The van der Waals surface area contributed by atoms with Crippen molar-refractivity contribution in [1.82, 2.24) is 20.1 Å². The number of carbonyl (C=O) groups is 1. The Morgan fingerprint density at radius 3 is 2.57 bits per heavy atom. The van der Waals surface area contributed by atoms with Gasteiger partial charge in [-0.25, -0.2) is 0 Å². The lowest BCUT2D eigenvalue weighted by Gasteiger charge is -2.13. The molecule has 0 saturated heterocycles. The number of H-pyrrole nitrogens is 1. The van der Waals surface area contributed by atoms with Gasteiger partial charge in [0.2, 0.25) is 0 Å². The molecule has 3 rings (SSSR count). The van der Waals surface area contributed by atoms with Gasteiger partial charge < -0.3 is 5.32 Å². The highest BCUT2D eigenvalue weighted by Crippen LogP contribution is 2.31. The summed E-state index contributed by atoms with van der Waals surface area (Å²) in [6.45, 7) is -0.168. The topological polar surface area (TPSA) is 62.7 Å². The van der Waals surface area contributed by atoms with E-state index in [9.17, 15) is 18.0 Å². The molecule has 1 amide bonds. The molecule has 3 aromatic rings. The summed E-state index contributed by atoms with van der Waals surface area (Å²) >= 11 is 17.1. The number of hydrogen-bond donors (Lipinski definition) is 2. The van der Waals surface area contributed by atoms with Gasteiger partial charge in [0.15, 0.2) is 10.6 Å². The molecule has 5 nitrogen and oxygen atoms in total. The zero-order valence-corrected chi connectivity index (χ0v) is 16.2. The van der Waals surface area contributed by atoms with E-state index in [1.807, 2.05) is 0 Å². The smallest absolute Gasteiger partial charge is 0.345 e. The minimum atomic E-state index is -4.64. The summed E-state index contributed by atoms with van der Waals surface area (Å²) in [5, 5.41) is 9.66. The number of rotatable bonds is 4. The fourth-order valence-corrected chi connectivity index (χ4v) is 3.07. The summed E-state index contributed by atoms with van der Waals surface area (Å²) in [5.41, 5.74) is -0.964. The monoisotopic (exact) mass is 446 g/mol. The molecule has 0 radical (unpaired) electrons. The van der Waals surface area contributed by atoms with Crippen molar-refractivity contribution < 1.29 is 18.0 Å². The van der Waals surface area contributed by atoms with E-state index in [2.05, 4.69) is 15.5 Å². The van der Waals surface area contributed by atoms with Crippen LogP contribution in [0.3, 0.4) is 0 Å². The van der Waals surface area contributed by atoms with Crippen LogP contribution in [0.4, 0.5) is 13.2 Å². The lowest BCUT2D eigenvalue weighted by atomic mass is 10.1. The Hall–Kier alpha value is -2.36. The molecule has 0 unspecified atom stereocenters. The normalized spacial score (nSPS) is 11.5. The molecule has 0 aliphatic heterocycles. The van der Waals surface area contributed by atoms with Crippen LogP contribution < -0.4 is 5.32 Å². The maximum atomic E-state index is 13.1. The number of carbonyl (C=O) groups excluding carboxylic acids is 1. The average Bonchev–Trinajstić information content (AvgIpc) is 3.02. The van der Waals surface area contributed by atoms with Crippen LogP contribution in [0.25, 0.3) is 5.69 Å². The molecule has 0 aliphatic rings. The van der Waals surface area contributed by atoms with Crippen molar-refractivity contribution in [2.75, 3.05) is 0 Å². The minimum absolute atomic E-state index is 0.168. The van der Waals surface area contributed by atoms with Gasteiger partial charge in [0.1, 0.15) is 0 Å². The zero-order valence-electron chi connectivity index (χ0n) is 13.8. The van der Waals surface area contributed by atoms with Crippen LogP contribution >= 0.6 is 35.4 Å². The minimum Gasteiger partial charge on any atom is -0.345 e. The van der Waals surface area contributed by atoms with E-state index in [1.165, 1.54) is 16.7 Å². The first kappa shape index (κ1) is 20.4. The number of aromatic nitrogens is 3. The highest BCUT2D eigenvalue weighted by atomic mass is 35.5. The van der Waals surface area contributed by atoms with Crippen molar-refractivity contribution in [3.8, 4) is 5.69 Å². The second-order valence-corrected chi connectivity index (χ2v) is 6.81. The zero-order chi connectivity index (χ0) is 20.5. The number of amides is 1. The molecule has 0 spiro atoms. The highest BCUT2D eigenvalue weighted by Gasteiger charge is 2.34. The molecule has 1 aromatic heterocycles. The van der Waals surface area contributed by atoms with Crippen LogP contribution in [0.1, 0.15) is 21.7 Å². The number of benzene rings is 2. The van der Waals surface area contributed by atoms with Crippen molar-refractivity contribution in [2.24, 2.45) is 0 Å². The predicted molar refractivity (Wildman–Crippen MR) is 101 cm³/mol. The first-order chi connectivity index (χ1) is 13.2. The molecule has 146 valence electrons. The summed E-state index contributed by atoms with van der Waals surface area (Å²) in [4.78, 5) is 12.3. The lowest BCUT2D eigenvalue weighted by molar-refractivity contribution is -0.137. The van der Waals surface area contributed by atoms with Gasteiger partial charge in [-0.3, -0.25) is 14.5 Å². The van der Waals surface area contributed by atoms with Gasteiger partial charge in [0.05, 0.1) is 33.4 Å². The Kier molecular flexibility index (Phi) is 5.78. The standard InChI is InChI=1S/C17H11Cl2F3N4OS/c18-12-6-5-9(7-13(12)19)26-14(24-25-16(26)28)8-23-15(27)10-3-1-2-4-11(10)17(20,21)22/h1-7H,8H2,(H,23,27)(H,25,28). The highest BCUT2D eigenvalue weighted by molar-refractivity contribution is 7.71. The van der Waals surface area contributed by atoms with Gasteiger partial charge in [0, 0.05) is 0 Å². The quantitative estimate of drug-likeness (QED) is 0.542. The van der Waals surface area contributed by atoms with Crippen molar-refractivity contribution in [2.45, 2.75) is 12.7 Å². The van der Waals surface area contributed by atoms with Crippen LogP contribution in [-0.4, -0.2) is 20.7 Å². The van der Waals surface area contributed by atoms with E-state index in [0.717, 1.165) is 12.1 Å². The van der Waals surface area contributed by atoms with Crippen molar-refractivity contribution in [3.05, 3.63) is 74.2 Å². The first-order valence-electron chi connectivity index (χ1n) is 7.74. The molecular weight excluding hydrogens is 436 g/mol. The number of alkyl halides is 3. The van der Waals surface area contributed by atoms with Gasteiger partial charge in [-0.1, -0.05) is 35.3 Å². The summed E-state index contributed by atoms with van der Waals surface area (Å²) in [6.07, 6.45) is -4.64. The second-order valence-electron chi connectivity index (χ2n) is 5.60. The SMILES string of the molecule is O=C(NCc1n[nH]c(=S)n1-c1ccc(Cl)c(Cl)c1)c1ccccc1C(F)(F)F. The van der Waals surface area contributed by atoms with Crippen molar-refractivity contribution in [1.29, 1.82) is 0 Å². The molecule has 0 atom stereocenters. The van der Waals surface area contributed by atoms with Crippen LogP contribution in [0.5, 0.6) is 0 Å². The summed E-state index contributed by atoms with van der Waals surface area (Å²) < 4.78 is 41.0. The van der Waals surface area contributed by atoms with E-state index < -0.39 is 23.2 Å². The Bertz CT molecular complexity index is 1090. The fraction of sp³-hybridized carbons (Fsp3) is 0.118. The third kappa shape index (κ3) is 4.21. The van der Waals surface area contributed by atoms with Crippen LogP contribution in [0.15, 0.2) is 42.5 Å². The van der Waals surface area contributed by atoms with Crippen LogP contribution in [0, 0.1) is 4.77 Å². The van der Waals surface area contributed by atoms with E-state index in [4.69, 9.17) is 35.4 Å². The first-order valence-corrected chi connectivity index (χ1v) is 8.91. The molecule has 0 bridgehead atoms. The van der Waals surface area contributed by atoms with E-state index >= 15 is 0 Å². The molecular formula is C17H11Cl2F3N4OS. The number of nitrogens with one attached hydrogen (secondary N) is 2.